The second-order valence-corrected chi connectivity index (χ2v) is 5.53. The van der Waals surface area contributed by atoms with E-state index in [9.17, 15) is 0 Å². The molecule has 2 atom stereocenters. The fourth-order valence-electron chi connectivity index (χ4n) is 2.82. The van der Waals surface area contributed by atoms with E-state index < -0.39 is 0 Å². The highest BCUT2D eigenvalue weighted by atomic mass is 16.5. The molecule has 118 valence electrons. The summed E-state index contributed by atoms with van der Waals surface area (Å²) in [5.41, 5.74) is 5.82. The summed E-state index contributed by atoms with van der Waals surface area (Å²) in [6.45, 7) is 9.19. The molecule has 1 saturated heterocycles. The van der Waals surface area contributed by atoms with Crippen molar-refractivity contribution in [2.75, 3.05) is 39.9 Å². The molecular weight excluding hydrogens is 256 g/mol. The molecule has 0 radical (unpaired) electrons. The lowest BCUT2D eigenvalue weighted by molar-refractivity contribution is 0.0717. The zero-order valence-corrected chi connectivity index (χ0v) is 13.1. The first-order chi connectivity index (χ1) is 9.63. The zero-order chi connectivity index (χ0) is 15.0. The Bertz CT molecular complexity index is 291. The summed E-state index contributed by atoms with van der Waals surface area (Å²) in [5.74, 6) is 0.340. The summed E-state index contributed by atoms with van der Waals surface area (Å²) in [7, 11) is 1.75. The third kappa shape index (κ3) is 4.92. The highest BCUT2D eigenvalue weighted by Gasteiger charge is 2.27. The van der Waals surface area contributed by atoms with Gasteiger partial charge >= 0.3 is 0 Å². The van der Waals surface area contributed by atoms with E-state index in [2.05, 4.69) is 28.8 Å². The van der Waals surface area contributed by atoms with Crippen LogP contribution in [-0.4, -0.2) is 72.8 Å². The largest absolute Gasteiger partial charge is 0.409 e. The predicted octanol–water partition coefficient (Wildman–Crippen LogP) is 0.944. The normalized spacial score (nSPS) is 21.9. The lowest BCUT2D eigenvalue weighted by Gasteiger charge is -2.41. The third-order valence-electron chi connectivity index (χ3n) is 4.17. The van der Waals surface area contributed by atoms with Crippen LogP contribution < -0.4 is 5.73 Å². The maximum atomic E-state index is 8.91. The maximum Gasteiger partial charge on any atom is 0.156 e. The minimum atomic E-state index is 0.0708. The topological polar surface area (TPSA) is 74.3 Å². The van der Waals surface area contributed by atoms with Gasteiger partial charge in [-0.3, -0.25) is 9.80 Å². The summed E-state index contributed by atoms with van der Waals surface area (Å²) < 4.78 is 5.14. The molecule has 1 fully saturated rings. The SMILES string of the molecule is CCCC(C(N)=NO)N1CCN(C(C)CCOC)CC1. The molecule has 0 bridgehead atoms. The Morgan fingerprint density at radius 3 is 2.35 bits per heavy atom. The average molecular weight is 286 g/mol. The van der Waals surface area contributed by atoms with Crippen molar-refractivity contribution >= 4 is 5.84 Å². The Morgan fingerprint density at radius 2 is 1.85 bits per heavy atom. The van der Waals surface area contributed by atoms with E-state index in [1.54, 1.807) is 7.11 Å². The van der Waals surface area contributed by atoms with Gasteiger partial charge in [0.2, 0.25) is 0 Å². The van der Waals surface area contributed by atoms with Gasteiger partial charge in [-0.25, -0.2) is 0 Å². The lowest BCUT2D eigenvalue weighted by atomic mass is 10.1. The number of ether oxygens (including phenoxy) is 1. The van der Waals surface area contributed by atoms with E-state index in [1.807, 2.05) is 0 Å². The van der Waals surface area contributed by atoms with Gasteiger partial charge < -0.3 is 15.7 Å². The fourth-order valence-corrected chi connectivity index (χ4v) is 2.82. The van der Waals surface area contributed by atoms with Crippen molar-refractivity contribution in [2.24, 2.45) is 10.9 Å². The van der Waals surface area contributed by atoms with E-state index in [0.29, 0.717) is 11.9 Å². The second kappa shape index (κ2) is 9.15. The second-order valence-electron chi connectivity index (χ2n) is 5.53. The van der Waals surface area contributed by atoms with Gasteiger partial charge in [0.05, 0.1) is 6.04 Å². The number of hydrogen-bond acceptors (Lipinski definition) is 5. The van der Waals surface area contributed by atoms with E-state index in [1.165, 1.54) is 0 Å². The monoisotopic (exact) mass is 286 g/mol. The standard InChI is InChI=1S/C14H30N4O2/c1-4-5-13(14(15)16-19)18-9-7-17(8-10-18)12(2)6-11-20-3/h12-13,19H,4-11H2,1-3H3,(H2,15,16). The molecule has 1 rings (SSSR count). The molecule has 1 aliphatic rings. The van der Waals surface area contributed by atoms with Gasteiger partial charge in [-0.1, -0.05) is 18.5 Å². The molecule has 0 spiro atoms. The molecule has 2 unspecified atom stereocenters. The average Bonchev–Trinajstić information content (AvgIpc) is 2.49. The minimum absolute atomic E-state index is 0.0708. The highest BCUT2D eigenvalue weighted by molar-refractivity contribution is 5.85. The molecule has 0 amide bonds. The van der Waals surface area contributed by atoms with Gasteiger partial charge in [-0.05, 0) is 19.8 Å². The quantitative estimate of drug-likeness (QED) is 0.301. The van der Waals surface area contributed by atoms with Crippen molar-refractivity contribution in [3.63, 3.8) is 0 Å². The summed E-state index contributed by atoms with van der Waals surface area (Å²) in [6, 6.07) is 0.618. The summed E-state index contributed by atoms with van der Waals surface area (Å²) >= 11 is 0. The number of nitrogens with zero attached hydrogens (tertiary/aromatic N) is 3. The van der Waals surface area contributed by atoms with Crippen LogP contribution in [0.2, 0.25) is 0 Å². The highest BCUT2D eigenvalue weighted by Crippen LogP contribution is 2.14. The van der Waals surface area contributed by atoms with Crippen LogP contribution >= 0.6 is 0 Å². The Balaban J connectivity index is 2.47. The first kappa shape index (κ1) is 17.2. The number of methoxy groups -OCH3 is 1. The molecule has 1 heterocycles. The van der Waals surface area contributed by atoms with Crippen molar-refractivity contribution in [3.05, 3.63) is 0 Å². The Labute approximate surface area is 122 Å². The van der Waals surface area contributed by atoms with E-state index in [0.717, 1.165) is 52.0 Å². The van der Waals surface area contributed by atoms with Crippen LogP contribution in [0.5, 0.6) is 0 Å². The molecule has 0 aromatic rings. The first-order valence-electron chi connectivity index (χ1n) is 7.58. The van der Waals surface area contributed by atoms with Crippen molar-refractivity contribution in [1.29, 1.82) is 0 Å². The van der Waals surface area contributed by atoms with Crippen molar-refractivity contribution in [1.82, 2.24) is 9.80 Å². The van der Waals surface area contributed by atoms with Crippen LogP contribution in [0.25, 0.3) is 0 Å². The lowest BCUT2D eigenvalue weighted by Crippen LogP contribution is -2.55. The molecule has 0 saturated carbocycles. The van der Waals surface area contributed by atoms with Crippen molar-refractivity contribution < 1.29 is 9.94 Å². The van der Waals surface area contributed by atoms with Crippen LogP contribution in [0.1, 0.15) is 33.1 Å². The molecular formula is C14H30N4O2. The molecule has 6 nitrogen and oxygen atoms in total. The van der Waals surface area contributed by atoms with Gasteiger partial charge in [0.15, 0.2) is 5.84 Å². The number of hydrogen-bond donors (Lipinski definition) is 2. The summed E-state index contributed by atoms with van der Waals surface area (Å²) in [6.07, 6.45) is 3.04. The minimum Gasteiger partial charge on any atom is -0.409 e. The molecule has 0 aromatic heterocycles. The van der Waals surface area contributed by atoms with Crippen molar-refractivity contribution in [2.45, 2.75) is 45.2 Å². The molecule has 6 heteroatoms. The van der Waals surface area contributed by atoms with Gasteiger partial charge in [0.25, 0.3) is 0 Å². The van der Waals surface area contributed by atoms with Crippen LogP contribution in [0.4, 0.5) is 0 Å². The number of oxime groups is 1. The number of amidine groups is 1. The van der Waals surface area contributed by atoms with Crippen LogP contribution in [0.3, 0.4) is 0 Å². The molecule has 20 heavy (non-hydrogen) atoms. The first-order valence-corrected chi connectivity index (χ1v) is 7.58. The summed E-state index contributed by atoms with van der Waals surface area (Å²) in [5, 5.41) is 12.1. The molecule has 3 N–H and O–H groups in total. The molecule has 0 aromatic carbocycles. The van der Waals surface area contributed by atoms with E-state index in [-0.39, 0.29) is 6.04 Å². The molecule has 1 aliphatic heterocycles. The predicted molar refractivity (Wildman–Crippen MR) is 81.2 cm³/mol. The van der Waals surface area contributed by atoms with Gasteiger partial charge in [-0.15, -0.1) is 0 Å². The zero-order valence-electron chi connectivity index (χ0n) is 13.1. The van der Waals surface area contributed by atoms with Crippen molar-refractivity contribution in [3.8, 4) is 0 Å². The van der Waals surface area contributed by atoms with Gasteiger partial charge in [0.1, 0.15) is 0 Å². The number of nitrogens with two attached hydrogens (primary N) is 1. The third-order valence-corrected chi connectivity index (χ3v) is 4.17. The molecule has 0 aliphatic carbocycles. The van der Waals surface area contributed by atoms with Gasteiger partial charge in [-0.2, -0.15) is 0 Å². The Hall–Kier alpha value is -0.850. The van der Waals surface area contributed by atoms with Gasteiger partial charge in [0, 0.05) is 45.9 Å². The number of rotatable bonds is 8. The maximum absolute atomic E-state index is 8.91. The fraction of sp³-hybridized carbons (Fsp3) is 0.929. The Kier molecular flexibility index (Phi) is 7.87. The Morgan fingerprint density at radius 1 is 1.25 bits per heavy atom. The van der Waals surface area contributed by atoms with E-state index in [4.69, 9.17) is 15.7 Å². The number of piperazine rings is 1. The van der Waals surface area contributed by atoms with Crippen LogP contribution in [-0.2, 0) is 4.74 Å². The van der Waals surface area contributed by atoms with E-state index >= 15 is 0 Å². The van der Waals surface area contributed by atoms with Crippen LogP contribution in [0, 0.1) is 0 Å². The summed E-state index contributed by atoms with van der Waals surface area (Å²) in [4.78, 5) is 4.82. The smallest absolute Gasteiger partial charge is 0.156 e. The van der Waals surface area contributed by atoms with Crippen LogP contribution in [0.15, 0.2) is 5.16 Å².